The largest absolute Gasteiger partial charge is 0.495 e. The second kappa shape index (κ2) is 8.88. The van der Waals surface area contributed by atoms with Gasteiger partial charge in [0.15, 0.2) is 5.43 Å². The van der Waals surface area contributed by atoms with Crippen LogP contribution in [0.4, 0.5) is 10.1 Å². The summed E-state index contributed by atoms with van der Waals surface area (Å²) in [5, 5.41) is 0.435. The average molecular weight is 410 g/mol. The quantitative estimate of drug-likeness (QED) is 0.615. The number of anilines is 1. The summed E-state index contributed by atoms with van der Waals surface area (Å²) in [6, 6.07) is 12.2. The second-order valence-corrected chi connectivity index (χ2v) is 7.72. The average Bonchev–Trinajstić information content (AvgIpc) is 2.77. The van der Waals surface area contributed by atoms with E-state index >= 15 is 0 Å². The minimum absolute atomic E-state index is 0.0725. The molecule has 0 N–H and O–H groups in total. The molecule has 0 amide bonds. The zero-order chi connectivity index (χ0) is 21.1. The van der Waals surface area contributed by atoms with Crippen LogP contribution < -0.4 is 15.1 Å². The molecule has 0 saturated carbocycles. The molecule has 5 nitrogen and oxygen atoms in total. The molecule has 1 fully saturated rings. The van der Waals surface area contributed by atoms with Gasteiger partial charge in [0, 0.05) is 44.2 Å². The van der Waals surface area contributed by atoms with Gasteiger partial charge >= 0.3 is 0 Å². The Kier molecular flexibility index (Phi) is 6.04. The van der Waals surface area contributed by atoms with E-state index in [0.29, 0.717) is 28.7 Å². The van der Waals surface area contributed by atoms with Gasteiger partial charge in [0.1, 0.15) is 22.9 Å². The van der Waals surface area contributed by atoms with Crippen molar-refractivity contribution in [2.24, 2.45) is 0 Å². The molecule has 158 valence electrons. The van der Waals surface area contributed by atoms with E-state index in [1.54, 1.807) is 14.0 Å². The summed E-state index contributed by atoms with van der Waals surface area (Å²) in [4.78, 5) is 17.3. The Morgan fingerprint density at radius 1 is 1.10 bits per heavy atom. The van der Waals surface area contributed by atoms with E-state index in [9.17, 15) is 9.18 Å². The maximum atomic E-state index is 13.5. The predicted octanol–water partition coefficient (Wildman–Crippen LogP) is 4.00. The van der Waals surface area contributed by atoms with Crippen molar-refractivity contribution < 1.29 is 13.5 Å². The molecule has 2 heterocycles. The highest BCUT2D eigenvalue weighted by Gasteiger charge is 2.19. The summed E-state index contributed by atoms with van der Waals surface area (Å²) in [6.07, 6.45) is 1.56. The van der Waals surface area contributed by atoms with Gasteiger partial charge in [0.05, 0.1) is 18.2 Å². The lowest BCUT2D eigenvalue weighted by Gasteiger charge is -2.36. The molecule has 0 aliphatic carbocycles. The van der Waals surface area contributed by atoms with Crippen LogP contribution in [0.15, 0.2) is 51.7 Å². The number of benzene rings is 2. The van der Waals surface area contributed by atoms with Crippen molar-refractivity contribution in [2.45, 2.75) is 19.8 Å². The molecular weight excluding hydrogens is 383 g/mol. The molecule has 2 aromatic carbocycles. The third-order valence-electron chi connectivity index (χ3n) is 5.86. The van der Waals surface area contributed by atoms with E-state index in [2.05, 4.69) is 15.9 Å². The number of fused-ring (bicyclic) bond motifs is 1. The minimum atomic E-state index is -0.395. The summed E-state index contributed by atoms with van der Waals surface area (Å²) >= 11 is 0. The van der Waals surface area contributed by atoms with E-state index < -0.39 is 5.82 Å². The number of hydrogen-bond donors (Lipinski definition) is 0. The van der Waals surface area contributed by atoms with Gasteiger partial charge in [-0.3, -0.25) is 9.69 Å². The molecule has 0 radical (unpaired) electrons. The maximum Gasteiger partial charge on any atom is 0.195 e. The van der Waals surface area contributed by atoms with E-state index in [-0.39, 0.29) is 5.43 Å². The number of para-hydroxylation sites is 2. The Labute approximate surface area is 175 Å². The first-order chi connectivity index (χ1) is 14.6. The second-order valence-electron chi connectivity index (χ2n) is 7.72. The Bertz CT molecular complexity index is 1090. The number of ether oxygens (including phenoxy) is 1. The highest BCUT2D eigenvalue weighted by Crippen LogP contribution is 2.28. The molecule has 1 aromatic heterocycles. The molecule has 1 saturated heterocycles. The van der Waals surface area contributed by atoms with Crippen LogP contribution in [0, 0.1) is 12.7 Å². The Hall–Kier alpha value is -2.86. The zero-order valence-electron chi connectivity index (χ0n) is 17.5. The third-order valence-corrected chi connectivity index (χ3v) is 5.86. The van der Waals surface area contributed by atoms with Gasteiger partial charge in [-0.2, -0.15) is 0 Å². The number of aryl methyl sites for hydroxylation is 1. The molecule has 0 bridgehead atoms. The Morgan fingerprint density at radius 2 is 1.87 bits per heavy atom. The van der Waals surface area contributed by atoms with Crippen molar-refractivity contribution in [1.29, 1.82) is 0 Å². The van der Waals surface area contributed by atoms with Crippen LogP contribution in [0.5, 0.6) is 5.75 Å². The van der Waals surface area contributed by atoms with Gasteiger partial charge in [0.2, 0.25) is 0 Å². The lowest BCUT2D eigenvalue weighted by Crippen LogP contribution is -2.46. The van der Waals surface area contributed by atoms with Gasteiger partial charge in [-0.25, -0.2) is 4.39 Å². The summed E-state index contributed by atoms with van der Waals surface area (Å²) in [7, 11) is 1.70. The normalized spacial score (nSPS) is 15.0. The summed E-state index contributed by atoms with van der Waals surface area (Å²) in [5.41, 5.74) is 2.01. The molecule has 3 aromatic rings. The van der Waals surface area contributed by atoms with Crippen molar-refractivity contribution in [1.82, 2.24) is 4.90 Å². The molecule has 0 spiro atoms. The fourth-order valence-corrected chi connectivity index (χ4v) is 4.11. The van der Waals surface area contributed by atoms with E-state index in [1.165, 1.54) is 18.2 Å². The van der Waals surface area contributed by atoms with Crippen LogP contribution in [0.3, 0.4) is 0 Å². The first-order valence-corrected chi connectivity index (χ1v) is 10.4. The van der Waals surface area contributed by atoms with Gasteiger partial charge in [-0.15, -0.1) is 0 Å². The lowest BCUT2D eigenvalue weighted by molar-refractivity contribution is 0.252. The van der Waals surface area contributed by atoms with E-state index in [0.717, 1.165) is 50.6 Å². The summed E-state index contributed by atoms with van der Waals surface area (Å²) in [5.74, 6) is 1.17. The van der Waals surface area contributed by atoms with Gasteiger partial charge in [0.25, 0.3) is 0 Å². The number of nitrogens with zero attached hydrogens (tertiary/aromatic N) is 2. The first-order valence-electron chi connectivity index (χ1n) is 10.4. The number of hydrogen-bond acceptors (Lipinski definition) is 5. The van der Waals surface area contributed by atoms with Crippen LogP contribution in [0.2, 0.25) is 0 Å². The third kappa shape index (κ3) is 4.19. The predicted molar refractivity (Wildman–Crippen MR) is 117 cm³/mol. The minimum Gasteiger partial charge on any atom is -0.495 e. The summed E-state index contributed by atoms with van der Waals surface area (Å²) in [6.45, 7) is 6.57. The SMILES string of the molecule is COc1ccccc1N1CCN(CCCc2oc3cc(F)ccc3c(=O)c2C)CC1. The van der Waals surface area contributed by atoms with Crippen LogP contribution in [-0.2, 0) is 6.42 Å². The van der Waals surface area contributed by atoms with Crippen molar-refractivity contribution in [2.75, 3.05) is 44.7 Å². The monoisotopic (exact) mass is 410 g/mol. The molecule has 1 aliphatic heterocycles. The van der Waals surface area contributed by atoms with Gasteiger partial charge in [-0.1, -0.05) is 12.1 Å². The molecule has 0 unspecified atom stereocenters. The lowest BCUT2D eigenvalue weighted by atomic mass is 10.1. The van der Waals surface area contributed by atoms with Crippen LogP contribution in [0.1, 0.15) is 17.7 Å². The number of piperazine rings is 1. The fourth-order valence-electron chi connectivity index (χ4n) is 4.11. The fraction of sp³-hybridized carbons (Fsp3) is 0.375. The zero-order valence-corrected chi connectivity index (χ0v) is 17.5. The first kappa shape index (κ1) is 20.4. The number of rotatable bonds is 6. The Balaban J connectivity index is 1.35. The molecule has 1 aliphatic rings. The topological polar surface area (TPSA) is 45.9 Å². The summed E-state index contributed by atoms with van der Waals surface area (Å²) < 4.78 is 24.9. The molecule has 0 atom stereocenters. The highest BCUT2D eigenvalue weighted by molar-refractivity contribution is 5.77. The molecule has 4 rings (SSSR count). The smallest absolute Gasteiger partial charge is 0.195 e. The van der Waals surface area contributed by atoms with Crippen molar-refractivity contribution >= 4 is 16.7 Å². The number of methoxy groups -OCH3 is 1. The van der Waals surface area contributed by atoms with Crippen molar-refractivity contribution in [3.05, 3.63) is 69.8 Å². The van der Waals surface area contributed by atoms with E-state index in [1.807, 2.05) is 18.2 Å². The van der Waals surface area contributed by atoms with Crippen LogP contribution >= 0.6 is 0 Å². The van der Waals surface area contributed by atoms with Crippen LogP contribution in [0.25, 0.3) is 11.0 Å². The maximum absolute atomic E-state index is 13.5. The number of halogens is 1. The van der Waals surface area contributed by atoms with Crippen molar-refractivity contribution in [3.63, 3.8) is 0 Å². The standard InChI is InChI=1S/C24H27FN2O3/c1-17-21(30-23-16-18(25)9-10-19(23)24(17)28)8-5-11-26-12-14-27(15-13-26)20-6-3-4-7-22(20)29-2/h3-4,6-7,9-10,16H,5,8,11-15H2,1-2H3. The highest BCUT2D eigenvalue weighted by atomic mass is 19.1. The van der Waals surface area contributed by atoms with Gasteiger partial charge < -0.3 is 14.1 Å². The molecule has 30 heavy (non-hydrogen) atoms. The van der Waals surface area contributed by atoms with Crippen molar-refractivity contribution in [3.8, 4) is 5.75 Å². The van der Waals surface area contributed by atoms with Crippen LogP contribution in [-0.4, -0.2) is 44.7 Å². The van der Waals surface area contributed by atoms with E-state index in [4.69, 9.17) is 9.15 Å². The molecule has 6 heteroatoms. The molecular formula is C24H27FN2O3. The van der Waals surface area contributed by atoms with Gasteiger partial charge in [-0.05, 0) is 44.2 Å². The Morgan fingerprint density at radius 3 is 2.63 bits per heavy atom.